The minimum Gasteiger partial charge on any atom is -0.480 e. The zero-order valence-electron chi connectivity index (χ0n) is 74.1. The third-order valence-corrected chi connectivity index (χ3v) is 25.5. The highest BCUT2D eigenvalue weighted by Crippen LogP contribution is 2.60. The van der Waals surface area contributed by atoms with Gasteiger partial charge in [-0.1, -0.05) is 166 Å². The first-order chi connectivity index (χ1) is 60.6. The fraction of sp³-hybridized carbons (Fsp3) is 0.438. The van der Waals surface area contributed by atoms with Gasteiger partial charge in [0.2, 0.25) is 17.7 Å². The summed E-state index contributed by atoms with van der Waals surface area (Å²) in [5, 5.41) is 46.1. The molecule has 2 saturated carbocycles. The summed E-state index contributed by atoms with van der Waals surface area (Å²) in [5.74, 6) is 0.847. The first-order valence-electron chi connectivity index (χ1n) is 43.2. The molecular formula is C96H112N18O13. The van der Waals surface area contributed by atoms with Crippen molar-refractivity contribution in [3.8, 4) is 79.4 Å². The lowest BCUT2D eigenvalue weighted by molar-refractivity contribution is -0.142. The van der Waals surface area contributed by atoms with Gasteiger partial charge in [-0.25, -0.2) is 43.9 Å². The number of likely N-dealkylation sites (tertiary alicyclic amines) is 3. The average molecular weight is 1730 g/mol. The van der Waals surface area contributed by atoms with Crippen LogP contribution in [0.2, 0.25) is 0 Å². The normalized spacial score (nSPS) is 19.8. The van der Waals surface area contributed by atoms with E-state index in [1.807, 2.05) is 82.9 Å². The van der Waals surface area contributed by atoms with Crippen LogP contribution in [0.1, 0.15) is 168 Å². The summed E-state index contributed by atoms with van der Waals surface area (Å²) in [6, 6.07) is 43.0. The minimum atomic E-state index is -1.07. The molecule has 10 aromatic rings. The molecule has 2 aliphatic carbocycles. The number of hydrogen-bond donors (Lipinski definition) is 10. The molecule has 127 heavy (non-hydrogen) atoms. The summed E-state index contributed by atoms with van der Waals surface area (Å²) in [6.45, 7) is 20.7. The lowest BCUT2D eigenvalue weighted by atomic mass is 9.85. The monoisotopic (exact) mass is 1720 g/mol. The van der Waals surface area contributed by atoms with Gasteiger partial charge in [-0.15, -0.1) is 0 Å². The molecule has 10 atom stereocenters. The molecule has 0 unspecified atom stereocenters. The first kappa shape index (κ1) is 89.8. The fourth-order valence-corrected chi connectivity index (χ4v) is 17.7. The summed E-state index contributed by atoms with van der Waals surface area (Å²) >= 11 is 0. The van der Waals surface area contributed by atoms with E-state index in [1.165, 1.54) is 28.4 Å². The number of H-pyrrole nitrogens is 4. The fourth-order valence-electron chi connectivity index (χ4n) is 17.7. The number of nitriles is 2. The number of carboxylic acid groups (broad SMARTS) is 1. The van der Waals surface area contributed by atoms with Crippen LogP contribution in [0.5, 0.6) is 0 Å². The first-order valence-corrected chi connectivity index (χ1v) is 43.2. The van der Waals surface area contributed by atoms with Crippen molar-refractivity contribution in [2.45, 2.75) is 169 Å². The van der Waals surface area contributed by atoms with Crippen LogP contribution in [0, 0.1) is 68.0 Å². The smallest absolute Gasteiger partial charge is 0.407 e. The van der Waals surface area contributed by atoms with E-state index in [-0.39, 0.29) is 76.9 Å². The molecule has 6 aromatic carbocycles. The van der Waals surface area contributed by atoms with Gasteiger partial charge < -0.3 is 85.3 Å². The van der Waals surface area contributed by atoms with Crippen molar-refractivity contribution in [2.24, 2.45) is 45.3 Å². The second kappa shape index (κ2) is 37.0. The van der Waals surface area contributed by atoms with Crippen LogP contribution in [0.25, 0.3) is 88.8 Å². The Bertz CT molecular complexity index is 5830. The predicted molar refractivity (Wildman–Crippen MR) is 477 cm³/mol. The van der Waals surface area contributed by atoms with E-state index in [9.17, 15) is 48.9 Å². The molecule has 0 radical (unpaired) electrons. The number of nitrogens with one attached hydrogen (secondary N) is 9. The molecule has 31 nitrogen and oxygen atoms in total. The number of ether oxygens (including phenoxy) is 4. The topological polar surface area (TPSA) is 426 Å². The number of methoxy groups -OCH3 is 4. The highest BCUT2D eigenvalue weighted by molar-refractivity contribution is 5.94. The Morgan fingerprint density at radius 1 is 0.433 bits per heavy atom. The van der Waals surface area contributed by atoms with E-state index < -0.39 is 71.4 Å². The van der Waals surface area contributed by atoms with E-state index in [0.717, 1.165) is 151 Å². The molecule has 8 heterocycles. The van der Waals surface area contributed by atoms with Crippen molar-refractivity contribution in [2.75, 3.05) is 54.6 Å². The van der Waals surface area contributed by atoms with Gasteiger partial charge in [0.05, 0.1) is 124 Å². The zero-order chi connectivity index (χ0) is 90.7. The molecular weight excluding hydrogens is 1610 g/mol. The quantitative estimate of drug-likeness (QED) is 0.0317. The Labute approximate surface area is 737 Å². The Hall–Kier alpha value is -13.4. The van der Waals surface area contributed by atoms with Crippen LogP contribution in [0.4, 0.5) is 19.2 Å². The van der Waals surface area contributed by atoms with Gasteiger partial charge in [0, 0.05) is 37.3 Å². The Morgan fingerprint density at radius 2 is 0.772 bits per heavy atom. The molecule has 31 heteroatoms. The van der Waals surface area contributed by atoms with Crippen LogP contribution in [-0.2, 0) is 38.1 Å². The van der Waals surface area contributed by atoms with Gasteiger partial charge >= 0.3 is 30.3 Å². The summed E-state index contributed by atoms with van der Waals surface area (Å²) in [4.78, 5) is 138. The van der Waals surface area contributed by atoms with E-state index in [0.29, 0.717) is 31.9 Å². The van der Waals surface area contributed by atoms with Crippen LogP contribution in [0.15, 0.2) is 146 Å². The number of aromatic nitrogens is 8. The van der Waals surface area contributed by atoms with Crippen LogP contribution >= 0.6 is 0 Å². The minimum absolute atomic E-state index is 0.0253. The van der Waals surface area contributed by atoms with E-state index in [1.54, 1.807) is 31.9 Å². The zero-order valence-corrected chi connectivity index (χ0v) is 74.1. The highest BCUT2D eigenvalue weighted by atomic mass is 16.6. The maximum Gasteiger partial charge on any atom is 0.407 e. The number of benzene rings is 6. The molecule has 4 aliphatic heterocycles. The largest absolute Gasteiger partial charge is 0.480 e. The number of nitrogens with zero attached hydrogens (tertiary/aromatic N) is 9. The molecule has 4 saturated heterocycles. The maximum atomic E-state index is 14.0. The van der Waals surface area contributed by atoms with Crippen molar-refractivity contribution in [3.05, 3.63) is 169 Å². The van der Waals surface area contributed by atoms with E-state index >= 15 is 0 Å². The number of carbonyl (C=O) groups excluding carboxylic acids is 7. The second-order valence-electron chi connectivity index (χ2n) is 37.3. The molecule has 16 rings (SSSR count). The van der Waals surface area contributed by atoms with Crippen molar-refractivity contribution in [3.63, 3.8) is 0 Å². The van der Waals surface area contributed by atoms with Gasteiger partial charge in [-0.05, 0) is 164 Å². The number of carboxylic acids is 1. The number of alkyl carbamates (subject to hydrolysis) is 4. The Morgan fingerprint density at radius 3 is 1.13 bits per heavy atom. The molecule has 4 aromatic heterocycles. The maximum absolute atomic E-state index is 14.0. The van der Waals surface area contributed by atoms with E-state index in [2.05, 4.69) is 184 Å². The molecule has 6 fully saturated rings. The second-order valence-corrected chi connectivity index (χ2v) is 37.3. The number of fused-ring (bicyclic) bond motifs is 2. The molecule has 664 valence electrons. The van der Waals surface area contributed by atoms with Crippen LogP contribution in [-0.4, -0.2) is 187 Å². The molecule has 10 N–H and O–H groups in total. The SMILES string of the molecule is COC(=O)N[C@H](C(=O)N1CC2(CC2)C[C@H]1c1ncc(-c2ccc(-c3ccc4cc(-c5cnc([C@@H]6C[C@H](C#N)CN6)[nH]5)ccc4c3)cc2)[nH]1)C(C)C.COC(=O)N[C@H](C(=O)N1CC2(CC2)C[C@H]1c1ncc(-c2ccc(-c3ccc4cc(-c5cnc([C@@H]6C[C@H](C#N)CN6C(=O)[C@@H](NC(=O)OC)C(C)(C)C)[nH]5)ccc4c3)cc2)[nH]1)C(C)C.COC(=O)N[C@H](C(=O)O)C(C)(C)C. The molecule has 0 bridgehead atoms. The number of amides is 7. The van der Waals surface area contributed by atoms with Crippen molar-refractivity contribution in [1.82, 2.24) is 81.2 Å². The number of aromatic amines is 4. The molecule has 6 aliphatic rings. The number of imidazole rings is 4. The Kier molecular flexibility index (Phi) is 26.2. The average Bonchev–Trinajstić information content (AvgIpc) is 1.58. The lowest BCUT2D eigenvalue weighted by Gasteiger charge is -2.34. The number of rotatable bonds is 20. The standard InChI is InChI=1S/C48H55N9O6.C40H42N8O3.C8H15NO4/c1-27(2)39(54-45(60)62-6)43(58)57-26-48(16-17-48)21-38(57)42-51-23-35(52-42)30-10-8-29(9-11-30)31-12-13-33-20-34(15-14-32(33)19-31)36-24-50-41(53-36)37-18-28(22-49)25-56(37)44(59)40(47(3,4)5)55-46(61)63-7;1-23(2)35(47-39(50)51-3)38(49)48-22-40(12-13-40)17-34(48)37-44-20-32(46-37)26-6-4-25(5-7-26)27-8-9-29-16-30(11-10-28(29)15-27)33-21-43-36(45-33)31-14-24(18-41)19-42-31;1-8(2,3)5(6(10)11)9-7(12)13-4/h8-15,19-20,23-24,27-28,37-40H,16-18,21,25-26H2,1-7H3,(H,50,53)(H,51,52)(H,54,60)(H,55,61);4-11,15-16,20-21,23-24,31,34-35,42H,12-14,17,19,22H2,1-3H3,(H,43,45)(H,44,46)(H,47,50);5H,1-4H3,(H,9,12)(H,10,11)/t28-,37+,38+,39+,40-;24-,31+,34+,35+;5-/m111/s1. The highest BCUT2D eigenvalue weighted by Gasteiger charge is 2.57. The lowest BCUT2D eigenvalue weighted by Crippen LogP contribution is -2.54. The Balaban J connectivity index is 0.000000183. The summed E-state index contributed by atoms with van der Waals surface area (Å²) in [7, 11) is 5.06. The van der Waals surface area contributed by atoms with Gasteiger partial charge in [0.25, 0.3) is 0 Å². The van der Waals surface area contributed by atoms with Crippen LogP contribution in [0.3, 0.4) is 0 Å². The third-order valence-electron chi connectivity index (χ3n) is 25.5. The number of carbonyl (C=O) groups is 8. The molecule has 7 amide bonds. The summed E-state index contributed by atoms with van der Waals surface area (Å²) in [5.41, 5.74) is 11.0. The van der Waals surface area contributed by atoms with Crippen molar-refractivity contribution in [1.29, 1.82) is 10.5 Å². The number of hydrogen-bond acceptors (Lipinski definition) is 19. The van der Waals surface area contributed by atoms with Gasteiger partial charge in [0.15, 0.2) is 0 Å². The predicted octanol–water partition coefficient (Wildman–Crippen LogP) is 15.6. The molecule has 2 spiro atoms. The van der Waals surface area contributed by atoms with Gasteiger partial charge in [-0.3, -0.25) is 14.4 Å². The van der Waals surface area contributed by atoms with Crippen LogP contribution < -0.4 is 26.6 Å². The van der Waals surface area contributed by atoms with Crippen molar-refractivity contribution < 1.29 is 62.4 Å². The van der Waals surface area contributed by atoms with E-state index in [4.69, 9.17) is 34.3 Å². The van der Waals surface area contributed by atoms with Gasteiger partial charge in [0.1, 0.15) is 47.5 Å². The summed E-state index contributed by atoms with van der Waals surface area (Å²) < 4.78 is 18.7. The van der Waals surface area contributed by atoms with Crippen molar-refractivity contribution >= 4 is 69.6 Å². The summed E-state index contributed by atoms with van der Waals surface area (Å²) in [6.07, 6.45) is 11.9. The third kappa shape index (κ3) is 20.1. The number of aliphatic carboxylic acids is 1. The van der Waals surface area contributed by atoms with Gasteiger partial charge in [-0.2, -0.15) is 10.5 Å².